The predicted octanol–water partition coefficient (Wildman–Crippen LogP) is 3.30. The maximum atomic E-state index is 12.2. The van der Waals surface area contributed by atoms with E-state index in [0.29, 0.717) is 17.0 Å². The number of carbonyl (C=O) groups is 1. The number of ketones is 1. The Kier molecular flexibility index (Phi) is 5.09. The quantitative estimate of drug-likeness (QED) is 0.597. The predicted molar refractivity (Wildman–Crippen MR) is 86.4 cm³/mol. The van der Waals surface area contributed by atoms with Crippen molar-refractivity contribution in [2.45, 2.75) is 24.3 Å². The summed E-state index contributed by atoms with van der Waals surface area (Å²) in [5.41, 5.74) is 0.828. The minimum Gasteiger partial charge on any atom is -0.294 e. The molecule has 2 rings (SSSR count). The molecule has 1 heterocycles. The van der Waals surface area contributed by atoms with E-state index in [9.17, 15) is 4.79 Å². The average Bonchev–Trinajstić information content (AvgIpc) is 2.28. The highest BCUT2D eigenvalue weighted by Gasteiger charge is 2.23. The van der Waals surface area contributed by atoms with Crippen molar-refractivity contribution < 1.29 is 4.79 Å². The van der Waals surface area contributed by atoms with Gasteiger partial charge in [-0.25, -0.2) is 0 Å². The van der Waals surface area contributed by atoms with E-state index < -0.39 is 0 Å². The van der Waals surface area contributed by atoms with Crippen molar-refractivity contribution in [2.24, 2.45) is 0 Å². The molecule has 0 aliphatic carbocycles. The lowest BCUT2D eigenvalue weighted by atomic mass is 10.1. The molecule has 4 heteroatoms. The van der Waals surface area contributed by atoms with E-state index in [2.05, 4.69) is 41.3 Å². The van der Waals surface area contributed by atoms with Crippen molar-refractivity contribution >= 4 is 40.1 Å². The Balaban J connectivity index is 1.96. The van der Waals surface area contributed by atoms with Crippen LogP contribution in [0.4, 0.5) is 0 Å². The second kappa shape index (κ2) is 6.39. The molecule has 0 bridgehead atoms. The zero-order valence-corrected chi connectivity index (χ0v) is 13.7. The van der Waals surface area contributed by atoms with Gasteiger partial charge in [0.15, 0.2) is 5.78 Å². The summed E-state index contributed by atoms with van der Waals surface area (Å²) >= 11 is 4.27. The Morgan fingerprint density at radius 1 is 1.28 bits per heavy atom. The number of Topliss-reactive ketones (excluding diaryl/α,β-unsaturated/α-hetero) is 1. The van der Waals surface area contributed by atoms with Gasteiger partial charge in [0.25, 0.3) is 0 Å². The molecule has 1 aromatic carbocycles. The molecule has 1 fully saturated rings. The number of benzene rings is 1. The molecule has 0 saturated carbocycles. The van der Waals surface area contributed by atoms with E-state index in [1.165, 1.54) is 3.57 Å². The molecular weight excluding hydrogens is 357 g/mol. The van der Waals surface area contributed by atoms with E-state index in [0.717, 1.165) is 18.7 Å². The highest BCUT2D eigenvalue weighted by Crippen LogP contribution is 2.24. The van der Waals surface area contributed by atoms with Crippen LogP contribution in [0.5, 0.6) is 0 Å². The molecule has 18 heavy (non-hydrogen) atoms. The first-order valence-electron chi connectivity index (χ1n) is 6.21. The molecule has 2 atom stereocenters. The first kappa shape index (κ1) is 14.3. The van der Waals surface area contributed by atoms with Crippen LogP contribution in [0.2, 0.25) is 0 Å². The molecule has 1 aliphatic rings. The van der Waals surface area contributed by atoms with Crippen LogP contribution in [0, 0.1) is 3.57 Å². The Morgan fingerprint density at radius 3 is 2.39 bits per heavy atom. The van der Waals surface area contributed by atoms with Crippen LogP contribution in [0.1, 0.15) is 24.2 Å². The molecule has 98 valence electrons. The Morgan fingerprint density at radius 2 is 1.83 bits per heavy atom. The summed E-state index contributed by atoms with van der Waals surface area (Å²) in [7, 11) is 0. The van der Waals surface area contributed by atoms with Crippen LogP contribution in [0.25, 0.3) is 0 Å². The summed E-state index contributed by atoms with van der Waals surface area (Å²) in [6.45, 7) is 7.07. The molecule has 0 amide bonds. The van der Waals surface area contributed by atoms with Crippen LogP contribution >= 0.6 is 34.4 Å². The number of thioether (sulfide) groups is 1. The second-order valence-electron chi connectivity index (χ2n) is 4.88. The van der Waals surface area contributed by atoms with Gasteiger partial charge in [-0.3, -0.25) is 9.69 Å². The first-order chi connectivity index (χ1) is 8.54. The summed E-state index contributed by atoms with van der Waals surface area (Å²) in [6.07, 6.45) is 0. The summed E-state index contributed by atoms with van der Waals surface area (Å²) < 4.78 is 1.17. The number of halogens is 1. The average molecular weight is 375 g/mol. The van der Waals surface area contributed by atoms with Gasteiger partial charge in [-0.1, -0.05) is 26.0 Å². The van der Waals surface area contributed by atoms with Crippen LogP contribution in [-0.4, -0.2) is 40.8 Å². The Labute approximate surface area is 127 Å². The summed E-state index contributed by atoms with van der Waals surface area (Å²) in [6, 6.07) is 7.83. The molecule has 2 nitrogen and oxygen atoms in total. The molecule has 0 radical (unpaired) electrons. The van der Waals surface area contributed by atoms with Crippen molar-refractivity contribution in [3.8, 4) is 0 Å². The van der Waals surface area contributed by atoms with Crippen molar-refractivity contribution in [2.75, 3.05) is 19.6 Å². The van der Waals surface area contributed by atoms with Crippen LogP contribution in [0.3, 0.4) is 0 Å². The number of hydrogen-bond acceptors (Lipinski definition) is 3. The fourth-order valence-electron chi connectivity index (χ4n) is 2.34. The third-order valence-electron chi connectivity index (χ3n) is 3.03. The fraction of sp³-hybridized carbons (Fsp3) is 0.500. The van der Waals surface area contributed by atoms with Crippen LogP contribution in [-0.2, 0) is 0 Å². The van der Waals surface area contributed by atoms with Crippen LogP contribution in [0.15, 0.2) is 24.3 Å². The van der Waals surface area contributed by atoms with Gasteiger partial charge in [-0.2, -0.15) is 11.8 Å². The van der Waals surface area contributed by atoms with E-state index >= 15 is 0 Å². The summed E-state index contributed by atoms with van der Waals surface area (Å²) in [4.78, 5) is 14.5. The van der Waals surface area contributed by atoms with Gasteiger partial charge < -0.3 is 0 Å². The molecular formula is C14H18INOS. The zero-order valence-electron chi connectivity index (χ0n) is 10.7. The van der Waals surface area contributed by atoms with E-state index in [-0.39, 0.29) is 5.78 Å². The molecule has 0 N–H and O–H groups in total. The van der Waals surface area contributed by atoms with E-state index in [4.69, 9.17) is 0 Å². The molecule has 1 aromatic rings. The van der Waals surface area contributed by atoms with Gasteiger partial charge in [0.05, 0.1) is 6.54 Å². The van der Waals surface area contributed by atoms with Gasteiger partial charge in [0, 0.05) is 32.7 Å². The SMILES string of the molecule is CC1CN(CC(=O)c2ccc(I)cc2)CC(C)S1. The summed E-state index contributed by atoms with van der Waals surface area (Å²) in [5.74, 6) is 0.234. The van der Waals surface area contributed by atoms with Crippen molar-refractivity contribution in [1.82, 2.24) is 4.90 Å². The minimum atomic E-state index is 0.234. The smallest absolute Gasteiger partial charge is 0.176 e. The standard InChI is InChI=1S/C14H18INOS/c1-10-7-16(8-11(2)18-10)9-14(17)12-3-5-13(15)6-4-12/h3-6,10-11H,7-9H2,1-2H3. The highest BCUT2D eigenvalue weighted by atomic mass is 127. The minimum absolute atomic E-state index is 0.234. The van der Waals surface area contributed by atoms with Gasteiger partial charge in [-0.05, 0) is 34.7 Å². The van der Waals surface area contributed by atoms with Gasteiger partial charge >= 0.3 is 0 Å². The van der Waals surface area contributed by atoms with Crippen molar-refractivity contribution in [1.29, 1.82) is 0 Å². The number of rotatable bonds is 3. The van der Waals surface area contributed by atoms with Crippen molar-refractivity contribution in [3.05, 3.63) is 33.4 Å². The first-order valence-corrected chi connectivity index (χ1v) is 8.23. The van der Waals surface area contributed by atoms with Crippen molar-refractivity contribution in [3.63, 3.8) is 0 Å². The molecule has 2 unspecified atom stereocenters. The van der Waals surface area contributed by atoms with Gasteiger partial charge in [0.2, 0.25) is 0 Å². The largest absolute Gasteiger partial charge is 0.294 e. The Bertz CT molecular complexity index is 410. The lowest BCUT2D eigenvalue weighted by molar-refractivity contribution is 0.0930. The topological polar surface area (TPSA) is 20.3 Å². The maximum Gasteiger partial charge on any atom is 0.176 e. The number of hydrogen-bond donors (Lipinski definition) is 0. The highest BCUT2D eigenvalue weighted by molar-refractivity contribution is 14.1. The number of nitrogens with zero attached hydrogens (tertiary/aromatic N) is 1. The summed E-state index contributed by atoms with van der Waals surface area (Å²) in [5, 5.41) is 1.25. The molecule has 0 spiro atoms. The third kappa shape index (κ3) is 3.96. The second-order valence-corrected chi connectivity index (χ2v) is 8.01. The molecule has 1 aliphatic heterocycles. The zero-order chi connectivity index (χ0) is 13.1. The monoisotopic (exact) mass is 375 g/mol. The molecule has 1 saturated heterocycles. The molecule has 0 aromatic heterocycles. The third-order valence-corrected chi connectivity index (χ3v) is 4.98. The lowest BCUT2D eigenvalue weighted by Crippen LogP contribution is -2.42. The van der Waals surface area contributed by atoms with E-state index in [1.807, 2.05) is 36.0 Å². The van der Waals surface area contributed by atoms with Crippen LogP contribution < -0.4 is 0 Å². The Hall–Kier alpha value is -0.0700. The number of carbonyl (C=O) groups excluding carboxylic acids is 1. The maximum absolute atomic E-state index is 12.2. The van der Waals surface area contributed by atoms with E-state index in [1.54, 1.807) is 0 Å². The van der Waals surface area contributed by atoms with Gasteiger partial charge in [0.1, 0.15) is 0 Å². The van der Waals surface area contributed by atoms with Gasteiger partial charge in [-0.15, -0.1) is 0 Å². The normalized spacial score (nSPS) is 25.1. The fourth-order valence-corrected chi connectivity index (χ4v) is 4.09. The lowest BCUT2D eigenvalue weighted by Gasteiger charge is -2.34.